The summed E-state index contributed by atoms with van der Waals surface area (Å²) in [6.45, 7) is 2.85. The van der Waals surface area contributed by atoms with Crippen molar-refractivity contribution in [1.82, 2.24) is 4.57 Å². The molecule has 11 nitrogen and oxygen atoms in total. The summed E-state index contributed by atoms with van der Waals surface area (Å²) in [6.07, 6.45) is -2.28. The number of amides is 3. The maximum atomic E-state index is 14.9. The molecule has 0 spiro atoms. The molecule has 4 rings (SSSR count). The predicted octanol–water partition coefficient (Wildman–Crippen LogP) is 4.19. The molecule has 1 aromatic heterocycles. The zero-order valence-electron chi connectivity index (χ0n) is 22.3. The van der Waals surface area contributed by atoms with E-state index in [0.29, 0.717) is 0 Å². The number of aromatic nitrogens is 1. The van der Waals surface area contributed by atoms with Crippen LogP contribution < -0.4 is 21.3 Å². The van der Waals surface area contributed by atoms with Gasteiger partial charge in [-0.25, -0.2) is 18.8 Å². The van der Waals surface area contributed by atoms with E-state index in [4.69, 9.17) is 15.2 Å². The first-order valence-electron chi connectivity index (χ1n) is 12.5. The highest BCUT2D eigenvalue weighted by molar-refractivity contribution is 6.14. The summed E-state index contributed by atoms with van der Waals surface area (Å²) in [7, 11) is 0. The third-order valence-corrected chi connectivity index (χ3v) is 6.17. The van der Waals surface area contributed by atoms with Crippen LogP contribution in [0, 0.1) is 5.82 Å². The van der Waals surface area contributed by atoms with Gasteiger partial charge in [-0.15, -0.1) is 0 Å². The van der Waals surface area contributed by atoms with Gasteiger partial charge < -0.3 is 30.4 Å². The number of ether oxygens (including phenoxy) is 2. The second-order valence-electron chi connectivity index (χ2n) is 8.97. The van der Waals surface area contributed by atoms with Crippen LogP contribution in [0.4, 0.5) is 39.4 Å². The van der Waals surface area contributed by atoms with E-state index in [2.05, 4.69) is 10.6 Å². The van der Waals surface area contributed by atoms with Gasteiger partial charge in [-0.1, -0.05) is 0 Å². The van der Waals surface area contributed by atoms with Crippen molar-refractivity contribution in [2.75, 3.05) is 28.7 Å². The van der Waals surface area contributed by atoms with Crippen molar-refractivity contribution in [3.63, 3.8) is 0 Å². The molecule has 2 aromatic carbocycles. The minimum atomic E-state index is -4.85. The fraction of sp³-hybridized carbons (Fsp3) is 0.259. The van der Waals surface area contributed by atoms with Gasteiger partial charge in [0.05, 0.1) is 53.6 Å². The fourth-order valence-corrected chi connectivity index (χ4v) is 4.28. The number of hydrogen-bond donors (Lipinski definition) is 3. The Morgan fingerprint density at radius 3 is 2.38 bits per heavy atom. The van der Waals surface area contributed by atoms with Crippen LogP contribution in [0.2, 0.25) is 0 Å². The Balaban J connectivity index is 1.67. The summed E-state index contributed by atoms with van der Waals surface area (Å²) >= 11 is 0. The fourth-order valence-electron chi connectivity index (χ4n) is 4.28. The molecule has 4 N–H and O–H groups in total. The number of carbonyl (C=O) groups is 4. The number of alkyl halides is 3. The smallest absolute Gasteiger partial charge is 0.418 e. The molecule has 0 bridgehead atoms. The van der Waals surface area contributed by atoms with Crippen LogP contribution in [0.1, 0.15) is 35.3 Å². The standard InChI is InChI=1S/C27H25F4N5O6/c1-3-41-24(38)15-5-6-20(17(28)9-15)36(26(32)40)13-14-7-8-35(12-14)21-11-19-18(10-16(21)27(29,30)31)34-23(37)22(33-19)25(39)42-4-2/h5-12,22,33H,3-4,13H2,1-2H3,(H2,32,40)(H,34,37). The molecule has 1 unspecified atom stereocenters. The lowest BCUT2D eigenvalue weighted by Crippen LogP contribution is -2.45. The van der Waals surface area contributed by atoms with Gasteiger partial charge in [0.1, 0.15) is 5.82 Å². The number of carbonyl (C=O) groups excluding carboxylic acids is 4. The molecule has 0 saturated heterocycles. The van der Waals surface area contributed by atoms with Crippen molar-refractivity contribution in [2.24, 2.45) is 5.73 Å². The van der Waals surface area contributed by atoms with Crippen LogP contribution in [0.3, 0.4) is 0 Å². The normalized spacial score (nSPS) is 14.3. The molecule has 222 valence electrons. The average molecular weight is 592 g/mol. The van der Waals surface area contributed by atoms with Crippen molar-refractivity contribution in [2.45, 2.75) is 32.6 Å². The van der Waals surface area contributed by atoms with Gasteiger partial charge >= 0.3 is 24.1 Å². The van der Waals surface area contributed by atoms with E-state index in [0.717, 1.165) is 33.7 Å². The highest BCUT2D eigenvalue weighted by atomic mass is 19.4. The third-order valence-electron chi connectivity index (χ3n) is 6.17. The van der Waals surface area contributed by atoms with E-state index in [9.17, 15) is 36.7 Å². The second kappa shape index (κ2) is 11.8. The first-order chi connectivity index (χ1) is 19.8. The molecule has 0 aliphatic carbocycles. The SMILES string of the molecule is CCOC(=O)c1ccc(N(Cc2ccn(-c3cc4c(cc3C(F)(F)F)NC(=O)C(C(=O)OCC)N4)c2)C(N)=O)c(F)c1. The number of rotatable bonds is 8. The summed E-state index contributed by atoms with van der Waals surface area (Å²) in [4.78, 5) is 49.4. The maximum Gasteiger partial charge on any atom is 0.418 e. The number of esters is 2. The van der Waals surface area contributed by atoms with Crippen LogP contribution in [0.25, 0.3) is 5.69 Å². The van der Waals surface area contributed by atoms with E-state index in [1.165, 1.54) is 31.5 Å². The predicted molar refractivity (Wildman–Crippen MR) is 142 cm³/mol. The van der Waals surface area contributed by atoms with E-state index in [1.807, 2.05) is 0 Å². The first kappa shape index (κ1) is 29.9. The Morgan fingerprint density at radius 1 is 1.05 bits per heavy atom. The molecular formula is C27H25F4N5O6. The first-order valence-corrected chi connectivity index (χ1v) is 12.5. The highest BCUT2D eigenvalue weighted by Gasteiger charge is 2.38. The van der Waals surface area contributed by atoms with Crippen LogP contribution >= 0.6 is 0 Å². The molecule has 1 aliphatic heterocycles. The molecule has 0 fully saturated rings. The largest absolute Gasteiger partial charge is 0.464 e. The van der Waals surface area contributed by atoms with Gasteiger partial charge in [0.25, 0.3) is 5.91 Å². The molecular weight excluding hydrogens is 566 g/mol. The molecule has 2 heterocycles. The quantitative estimate of drug-likeness (QED) is 0.202. The number of primary amides is 1. The van der Waals surface area contributed by atoms with Crippen LogP contribution in [0.5, 0.6) is 0 Å². The van der Waals surface area contributed by atoms with Crippen LogP contribution in [0.15, 0.2) is 48.8 Å². The van der Waals surface area contributed by atoms with Gasteiger partial charge in [-0.2, -0.15) is 13.2 Å². The Hall–Kier alpha value is -5.08. The zero-order valence-corrected chi connectivity index (χ0v) is 22.3. The summed E-state index contributed by atoms with van der Waals surface area (Å²) in [6, 6.07) is 3.99. The summed E-state index contributed by atoms with van der Waals surface area (Å²) in [5, 5.41) is 4.90. The van der Waals surface area contributed by atoms with Gasteiger partial charge in [-0.05, 0) is 55.8 Å². The minimum Gasteiger partial charge on any atom is -0.464 e. The molecule has 3 aromatic rings. The number of benzene rings is 2. The number of fused-ring (bicyclic) bond motifs is 1. The monoisotopic (exact) mass is 591 g/mol. The van der Waals surface area contributed by atoms with Crippen molar-refractivity contribution in [1.29, 1.82) is 0 Å². The zero-order chi connectivity index (χ0) is 30.8. The Bertz CT molecular complexity index is 1550. The number of hydrogen-bond acceptors (Lipinski definition) is 7. The second-order valence-corrected chi connectivity index (χ2v) is 8.97. The maximum absolute atomic E-state index is 14.9. The molecule has 3 amide bonds. The van der Waals surface area contributed by atoms with Crippen molar-refractivity contribution in [3.8, 4) is 5.69 Å². The summed E-state index contributed by atoms with van der Waals surface area (Å²) in [5.41, 5.74) is 3.77. The lowest BCUT2D eigenvalue weighted by atomic mass is 10.1. The Kier molecular flexibility index (Phi) is 8.40. The van der Waals surface area contributed by atoms with Gasteiger partial charge in [0.15, 0.2) is 0 Å². The molecule has 0 saturated carbocycles. The molecule has 1 atom stereocenters. The van der Waals surface area contributed by atoms with Crippen molar-refractivity contribution >= 4 is 40.9 Å². The molecule has 15 heteroatoms. The molecule has 1 aliphatic rings. The van der Waals surface area contributed by atoms with Gasteiger partial charge in [0, 0.05) is 12.4 Å². The summed E-state index contributed by atoms with van der Waals surface area (Å²) in [5.74, 6) is -3.49. The van der Waals surface area contributed by atoms with Gasteiger partial charge in [-0.3, -0.25) is 9.69 Å². The number of anilines is 3. The lowest BCUT2D eigenvalue weighted by Gasteiger charge is -2.27. The number of nitrogens with zero attached hydrogens (tertiary/aromatic N) is 2. The van der Waals surface area contributed by atoms with E-state index in [-0.39, 0.29) is 53.6 Å². The number of halogens is 4. The van der Waals surface area contributed by atoms with Crippen molar-refractivity contribution in [3.05, 3.63) is 71.3 Å². The number of nitrogens with one attached hydrogen (secondary N) is 2. The molecule has 0 radical (unpaired) electrons. The average Bonchev–Trinajstić information content (AvgIpc) is 3.39. The highest BCUT2D eigenvalue weighted by Crippen LogP contribution is 2.40. The lowest BCUT2D eigenvalue weighted by molar-refractivity contribution is -0.146. The Morgan fingerprint density at radius 2 is 1.76 bits per heavy atom. The topological polar surface area (TPSA) is 145 Å². The van der Waals surface area contributed by atoms with Crippen LogP contribution in [-0.4, -0.2) is 47.7 Å². The minimum absolute atomic E-state index is 0.0106. The van der Waals surface area contributed by atoms with E-state index >= 15 is 0 Å². The summed E-state index contributed by atoms with van der Waals surface area (Å²) < 4.78 is 67.9. The third kappa shape index (κ3) is 6.14. The van der Waals surface area contributed by atoms with E-state index in [1.54, 1.807) is 6.92 Å². The number of nitrogens with two attached hydrogens (primary N) is 1. The number of urea groups is 1. The Labute approximate surface area is 236 Å². The van der Waals surface area contributed by atoms with Gasteiger partial charge in [0.2, 0.25) is 6.04 Å². The van der Waals surface area contributed by atoms with Crippen LogP contribution in [-0.2, 0) is 31.8 Å². The van der Waals surface area contributed by atoms with Crippen molar-refractivity contribution < 1.29 is 46.2 Å². The van der Waals surface area contributed by atoms with E-state index < -0.39 is 47.5 Å². The molecule has 42 heavy (non-hydrogen) atoms.